The van der Waals surface area contributed by atoms with Crippen molar-refractivity contribution in [1.29, 1.82) is 0 Å². The first kappa shape index (κ1) is 47.9. The summed E-state index contributed by atoms with van der Waals surface area (Å²) in [5.74, 6) is 3.36. The second-order valence-electron chi connectivity index (χ2n) is 17.9. The molecule has 1 aliphatic heterocycles. The number of unbranched alkanes of at least 4 members (excludes halogenated alkanes) is 1. The summed E-state index contributed by atoms with van der Waals surface area (Å²) in [5.41, 5.74) is 0. The Bertz CT molecular complexity index is 844. The highest BCUT2D eigenvalue weighted by Crippen LogP contribution is 2.34. The van der Waals surface area contributed by atoms with Crippen LogP contribution >= 0.6 is 0 Å². The molecular weight excluding hydrogens is 633 g/mol. The number of nitrogens with zero attached hydrogens (tertiary/aromatic N) is 2. The van der Waals surface area contributed by atoms with E-state index < -0.39 is 0 Å². The fraction of sp³-hybridized carbons (Fsp3) is 0.956. The summed E-state index contributed by atoms with van der Waals surface area (Å²) in [4.78, 5) is 31.0. The van der Waals surface area contributed by atoms with Gasteiger partial charge in [-0.25, -0.2) is 0 Å². The van der Waals surface area contributed by atoms with Crippen LogP contribution < -0.4 is 0 Å². The summed E-state index contributed by atoms with van der Waals surface area (Å²) in [6, 6.07) is 0. The standard InChI is InChI=1S/C45H88N2O4/c1-37(2)26-28-41(39(5)6)30-31-43-40(7)42(29-27-38(3)4)23-22-36-50-44(48)24-16-12-10-14-18-33-47(35-21-20-32-46(8)9)34-19-15-11-13-17-25-45(49)51-43/h37-43H,10-36H2,1-9H3. The van der Waals surface area contributed by atoms with Crippen molar-refractivity contribution in [2.24, 2.45) is 35.5 Å². The monoisotopic (exact) mass is 721 g/mol. The maximum absolute atomic E-state index is 13.4. The van der Waals surface area contributed by atoms with E-state index in [1.165, 1.54) is 90.3 Å². The van der Waals surface area contributed by atoms with E-state index >= 15 is 0 Å². The number of hydrogen-bond donors (Lipinski definition) is 0. The topological polar surface area (TPSA) is 59.1 Å². The molecule has 0 aliphatic carbocycles. The summed E-state index contributed by atoms with van der Waals surface area (Å²) in [5, 5.41) is 0. The van der Waals surface area contributed by atoms with Crippen LogP contribution in [0.15, 0.2) is 0 Å². The summed E-state index contributed by atoms with van der Waals surface area (Å²) in [7, 11) is 4.32. The van der Waals surface area contributed by atoms with Gasteiger partial charge in [-0.05, 0) is 153 Å². The molecule has 0 radical (unpaired) electrons. The van der Waals surface area contributed by atoms with E-state index in [-0.39, 0.29) is 18.0 Å². The average Bonchev–Trinajstić information content (AvgIpc) is 3.06. The molecule has 0 amide bonds. The van der Waals surface area contributed by atoms with E-state index in [9.17, 15) is 9.59 Å². The second kappa shape index (κ2) is 30.2. The number of ether oxygens (including phenoxy) is 2. The Morgan fingerprint density at radius 2 is 1.27 bits per heavy atom. The lowest BCUT2D eigenvalue weighted by Gasteiger charge is -2.33. The van der Waals surface area contributed by atoms with Gasteiger partial charge in [-0.15, -0.1) is 0 Å². The molecule has 0 spiro atoms. The normalized spacial score (nSPS) is 23.6. The van der Waals surface area contributed by atoms with Crippen LogP contribution in [0.3, 0.4) is 0 Å². The third-order valence-electron chi connectivity index (χ3n) is 11.6. The number of carbonyl (C=O) groups is 2. The molecule has 302 valence electrons. The molecule has 1 fully saturated rings. The van der Waals surface area contributed by atoms with E-state index in [0.29, 0.717) is 55.0 Å². The van der Waals surface area contributed by atoms with E-state index in [4.69, 9.17) is 9.47 Å². The lowest BCUT2D eigenvalue weighted by Crippen LogP contribution is -2.32. The van der Waals surface area contributed by atoms with Gasteiger partial charge in [0.15, 0.2) is 0 Å². The van der Waals surface area contributed by atoms with Crippen molar-refractivity contribution >= 4 is 11.9 Å². The number of hydrogen-bond acceptors (Lipinski definition) is 6. The van der Waals surface area contributed by atoms with E-state index in [1.807, 2.05) is 0 Å². The molecule has 1 heterocycles. The minimum atomic E-state index is -0.0456. The minimum Gasteiger partial charge on any atom is -0.466 e. The highest BCUT2D eigenvalue weighted by molar-refractivity contribution is 5.69. The Morgan fingerprint density at radius 3 is 1.86 bits per heavy atom. The number of rotatable bonds is 15. The fourth-order valence-corrected chi connectivity index (χ4v) is 7.89. The van der Waals surface area contributed by atoms with Gasteiger partial charge in [0, 0.05) is 12.8 Å². The van der Waals surface area contributed by atoms with Crippen molar-refractivity contribution in [2.45, 2.75) is 196 Å². The minimum absolute atomic E-state index is 0.00101. The predicted molar refractivity (Wildman–Crippen MR) is 218 cm³/mol. The zero-order chi connectivity index (χ0) is 37.9. The van der Waals surface area contributed by atoms with E-state index in [0.717, 1.165) is 64.3 Å². The van der Waals surface area contributed by atoms with Crippen molar-refractivity contribution in [3.05, 3.63) is 0 Å². The first-order chi connectivity index (χ1) is 24.4. The third-order valence-corrected chi connectivity index (χ3v) is 11.6. The highest BCUT2D eigenvalue weighted by Gasteiger charge is 2.30. The zero-order valence-corrected chi connectivity index (χ0v) is 35.7. The van der Waals surface area contributed by atoms with Gasteiger partial charge in [0.25, 0.3) is 0 Å². The molecule has 1 aliphatic rings. The van der Waals surface area contributed by atoms with Crippen LogP contribution in [0.2, 0.25) is 0 Å². The van der Waals surface area contributed by atoms with Crippen LogP contribution in [0.4, 0.5) is 0 Å². The van der Waals surface area contributed by atoms with E-state index in [1.54, 1.807) is 0 Å². The van der Waals surface area contributed by atoms with Gasteiger partial charge in [-0.2, -0.15) is 0 Å². The van der Waals surface area contributed by atoms with Gasteiger partial charge in [0.05, 0.1) is 6.61 Å². The maximum Gasteiger partial charge on any atom is 0.306 e. The summed E-state index contributed by atoms with van der Waals surface area (Å²) in [6.07, 6.45) is 23.8. The van der Waals surface area contributed by atoms with Gasteiger partial charge in [0.1, 0.15) is 6.10 Å². The third kappa shape index (κ3) is 26.3. The molecule has 51 heavy (non-hydrogen) atoms. The Kier molecular flexibility index (Phi) is 28.4. The van der Waals surface area contributed by atoms with Crippen LogP contribution in [0.5, 0.6) is 0 Å². The van der Waals surface area contributed by atoms with Crippen LogP contribution in [0, 0.1) is 35.5 Å². The summed E-state index contributed by atoms with van der Waals surface area (Å²) >= 11 is 0. The molecule has 1 rings (SSSR count). The first-order valence-corrected chi connectivity index (χ1v) is 22.1. The van der Waals surface area contributed by atoms with Crippen LogP contribution in [-0.4, -0.2) is 74.7 Å². The molecule has 0 N–H and O–H groups in total. The molecule has 6 nitrogen and oxygen atoms in total. The molecule has 1 saturated heterocycles. The van der Waals surface area contributed by atoms with Crippen molar-refractivity contribution in [1.82, 2.24) is 9.80 Å². The summed E-state index contributed by atoms with van der Waals surface area (Å²) in [6.45, 7) is 21.5. The maximum atomic E-state index is 13.4. The number of cyclic esters (lactones) is 2. The molecule has 4 atom stereocenters. The number of esters is 2. The van der Waals surface area contributed by atoms with Crippen molar-refractivity contribution in [3.8, 4) is 0 Å². The summed E-state index contributed by atoms with van der Waals surface area (Å²) < 4.78 is 12.2. The van der Waals surface area contributed by atoms with Crippen LogP contribution in [0.25, 0.3) is 0 Å². The SMILES string of the molecule is CC(C)CCC(CCC1OC(=O)CCCCCCCN(CCCCN(C)C)CCCCCCCC(=O)OCCCC(CCC(C)C)C1C)C(C)C. The molecule has 0 bridgehead atoms. The van der Waals surface area contributed by atoms with Gasteiger partial charge in [-0.1, -0.05) is 99.8 Å². The molecule has 0 aromatic heterocycles. The largest absolute Gasteiger partial charge is 0.466 e. The molecule has 0 aromatic rings. The van der Waals surface area contributed by atoms with Crippen molar-refractivity contribution < 1.29 is 19.1 Å². The fourth-order valence-electron chi connectivity index (χ4n) is 7.89. The Hall–Kier alpha value is -1.14. The molecule has 4 unspecified atom stereocenters. The Morgan fingerprint density at radius 1 is 0.686 bits per heavy atom. The quantitative estimate of drug-likeness (QED) is 0.124. The van der Waals surface area contributed by atoms with Crippen LogP contribution in [0.1, 0.15) is 190 Å². The van der Waals surface area contributed by atoms with Gasteiger partial charge in [0.2, 0.25) is 0 Å². The molecule has 0 saturated carbocycles. The number of carbonyl (C=O) groups excluding carboxylic acids is 2. The second-order valence-corrected chi connectivity index (χ2v) is 17.9. The molecular formula is C45H88N2O4. The van der Waals surface area contributed by atoms with Gasteiger partial charge < -0.3 is 19.3 Å². The van der Waals surface area contributed by atoms with Gasteiger partial charge >= 0.3 is 11.9 Å². The Balaban J connectivity index is 2.96. The Labute approximate surface area is 318 Å². The lowest BCUT2D eigenvalue weighted by molar-refractivity contribution is -0.154. The van der Waals surface area contributed by atoms with Crippen molar-refractivity contribution in [3.63, 3.8) is 0 Å². The van der Waals surface area contributed by atoms with Crippen molar-refractivity contribution in [2.75, 3.05) is 46.9 Å². The van der Waals surface area contributed by atoms with Crippen LogP contribution in [-0.2, 0) is 19.1 Å². The molecule has 6 heteroatoms. The average molecular weight is 721 g/mol. The lowest BCUT2D eigenvalue weighted by atomic mass is 9.78. The smallest absolute Gasteiger partial charge is 0.306 e. The van der Waals surface area contributed by atoms with Gasteiger partial charge in [-0.3, -0.25) is 9.59 Å². The first-order valence-electron chi connectivity index (χ1n) is 22.1. The zero-order valence-electron chi connectivity index (χ0n) is 35.7. The van der Waals surface area contributed by atoms with E-state index in [2.05, 4.69) is 72.4 Å². The molecule has 0 aromatic carbocycles. The highest BCUT2D eigenvalue weighted by atomic mass is 16.5. The predicted octanol–water partition coefficient (Wildman–Crippen LogP) is 11.7.